The molecule has 19 heavy (non-hydrogen) atoms. The summed E-state index contributed by atoms with van der Waals surface area (Å²) < 4.78 is 4.77. The second-order valence-electron chi connectivity index (χ2n) is 4.58. The Labute approximate surface area is 120 Å². The third kappa shape index (κ3) is 7.42. The van der Waals surface area contributed by atoms with Crippen LogP contribution in [-0.4, -0.2) is 49.6 Å². The minimum atomic E-state index is -0.639. The van der Waals surface area contributed by atoms with Crippen LogP contribution in [0.2, 0.25) is 0 Å². The van der Waals surface area contributed by atoms with Gasteiger partial charge in [0.25, 0.3) is 0 Å². The molecule has 0 aliphatic carbocycles. The van der Waals surface area contributed by atoms with E-state index in [0.717, 1.165) is 25.1 Å². The highest BCUT2D eigenvalue weighted by Gasteiger charge is 2.31. The van der Waals surface area contributed by atoms with E-state index >= 15 is 0 Å². The molecule has 0 aromatic carbocycles. The van der Waals surface area contributed by atoms with Crippen LogP contribution in [0.1, 0.15) is 33.1 Å². The molecular formula is C13H26N2O3S. The monoisotopic (exact) mass is 290 g/mol. The molecule has 1 amide bonds. The van der Waals surface area contributed by atoms with Crippen molar-refractivity contribution in [2.45, 2.75) is 38.6 Å². The SMILES string of the molecule is CCCNC(=O)CSCCCC(C)(NC)C(=O)OC. The molecule has 112 valence electrons. The molecule has 0 spiro atoms. The van der Waals surface area contributed by atoms with E-state index in [1.54, 1.807) is 18.8 Å². The Kier molecular flexibility index (Phi) is 9.69. The zero-order valence-corrected chi connectivity index (χ0v) is 13.2. The fraction of sp³-hybridized carbons (Fsp3) is 0.846. The van der Waals surface area contributed by atoms with Crippen molar-refractivity contribution >= 4 is 23.6 Å². The first-order valence-corrected chi connectivity index (χ1v) is 7.77. The number of carbonyl (C=O) groups excluding carboxylic acids is 2. The highest BCUT2D eigenvalue weighted by atomic mass is 32.2. The van der Waals surface area contributed by atoms with Gasteiger partial charge in [0.15, 0.2) is 0 Å². The van der Waals surface area contributed by atoms with Crippen LogP contribution in [0, 0.1) is 0 Å². The molecule has 0 radical (unpaired) electrons. The third-order valence-corrected chi connectivity index (χ3v) is 4.00. The first-order valence-electron chi connectivity index (χ1n) is 6.62. The minimum absolute atomic E-state index is 0.0798. The summed E-state index contributed by atoms with van der Waals surface area (Å²) in [5, 5.41) is 5.83. The maximum atomic E-state index is 11.6. The average molecular weight is 290 g/mol. The lowest BCUT2D eigenvalue weighted by Gasteiger charge is -2.25. The Bertz CT molecular complexity index is 287. The zero-order valence-electron chi connectivity index (χ0n) is 12.4. The van der Waals surface area contributed by atoms with Crippen molar-refractivity contribution in [1.29, 1.82) is 0 Å². The molecule has 0 fully saturated rings. The van der Waals surface area contributed by atoms with Crippen LogP contribution in [0.25, 0.3) is 0 Å². The van der Waals surface area contributed by atoms with Gasteiger partial charge in [-0.15, -0.1) is 0 Å². The molecule has 0 aliphatic rings. The van der Waals surface area contributed by atoms with Crippen LogP contribution < -0.4 is 10.6 Å². The number of esters is 1. The number of hydrogen-bond acceptors (Lipinski definition) is 5. The predicted octanol–water partition coefficient (Wildman–Crippen LogP) is 1.18. The summed E-state index contributed by atoms with van der Waals surface area (Å²) in [7, 11) is 3.15. The Hall–Kier alpha value is -0.750. The number of rotatable bonds is 10. The normalized spacial score (nSPS) is 13.7. The van der Waals surface area contributed by atoms with E-state index < -0.39 is 5.54 Å². The number of amides is 1. The van der Waals surface area contributed by atoms with E-state index in [0.29, 0.717) is 12.2 Å². The van der Waals surface area contributed by atoms with Crippen LogP contribution in [0.15, 0.2) is 0 Å². The smallest absolute Gasteiger partial charge is 0.325 e. The third-order valence-electron chi connectivity index (χ3n) is 2.96. The van der Waals surface area contributed by atoms with Crippen LogP contribution in [0.4, 0.5) is 0 Å². The summed E-state index contributed by atoms with van der Waals surface area (Å²) in [6.45, 7) is 4.59. The van der Waals surface area contributed by atoms with Gasteiger partial charge in [-0.3, -0.25) is 9.59 Å². The van der Waals surface area contributed by atoms with E-state index in [1.807, 2.05) is 13.8 Å². The fourth-order valence-electron chi connectivity index (χ4n) is 1.56. The van der Waals surface area contributed by atoms with E-state index in [4.69, 9.17) is 4.74 Å². The van der Waals surface area contributed by atoms with Gasteiger partial charge in [0.1, 0.15) is 5.54 Å². The Balaban J connectivity index is 3.78. The van der Waals surface area contributed by atoms with Crippen molar-refractivity contribution in [3.8, 4) is 0 Å². The van der Waals surface area contributed by atoms with Crippen LogP contribution in [-0.2, 0) is 14.3 Å². The van der Waals surface area contributed by atoms with Gasteiger partial charge in [-0.05, 0) is 39.0 Å². The van der Waals surface area contributed by atoms with E-state index in [1.165, 1.54) is 7.11 Å². The summed E-state index contributed by atoms with van der Waals surface area (Å²) >= 11 is 1.59. The molecule has 0 saturated heterocycles. The lowest BCUT2D eigenvalue weighted by molar-refractivity contribution is -0.148. The summed E-state index contributed by atoms with van der Waals surface area (Å²) in [4.78, 5) is 23.0. The van der Waals surface area contributed by atoms with Crippen LogP contribution in [0.5, 0.6) is 0 Å². The molecular weight excluding hydrogens is 264 g/mol. The molecule has 0 aromatic heterocycles. The average Bonchev–Trinajstić information content (AvgIpc) is 2.43. The topological polar surface area (TPSA) is 67.4 Å². The van der Waals surface area contributed by atoms with Gasteiger partial charge in [0.05, 0.1) is 12.9 Å². The molecule has 0 aliphatic heterocycles. The maximum Gasteiger partial charge on any atom is 0.325 e. The molecule has 0 saturated carbocycles. The molecule has 0 rings (SSSR count). The molecule has 6 heteroatoms. The van der Waals surface area contributed by atoms with Gasteiger partial charge in [-0.25, -0.2) is 0 Å². The van der Waals surface area contributed by atoms with E-state index in [2.05, 4.69) is 10.6 Å². The second kappa shape index (κ2) is 10.1. The number of ether oxygens (including phenoxy) is 1. The lowest BCUT2D eigenvalue weighted by atomic mass is 9.97. The highest BCUT2D eigenvalue weighted by Crippen LogP contribution is 2.16. The second-order valence-corrected chi connectivity index (χ2v) is 5.68. The van der Waals surface area contributed by atoms with E-state index in [-0.39, 0.29) is 11.9 Å². The summed E-state index contributed by atoms with van der Waals surface area (Å²) in [6.07, 6.45) is 2.51. The zero-order chi connectivity index (χ0) is 14.7. The number of hydrogen-bond donors (Lipinski definition) is 2. The van der Waals surface area contributed by atoms with Gasteiger partial charge in [-0.1, -0.05) is 6.92 Å². The van der Waals surface area contributed by atoms with E-state index in [9.17, 15) is 9.59 Å². The summed E-state index contributed by atoms with van der Waals surface area (Å²) in [6, 6.07) is 0. The number of carbonyl (C=O) groups is 2. The Morgan fingerprint density at radius 3 is 2.58 bits per heavy atom. The molecule has 1 unspecified atom stereocenters. The van der Waals surface area contributed by atoms with Gasteiger partial charge >= 0.3 is 5.97 Å². The van der Waals surface area contributed by atoms with Crippen molar-refractivity contribution in [2.24, 2.45) is 0 Å². The van der Waals surface area contributed by atoms with Crippen molar-refractivity contribution in [3.05, 3.63) is 0 Å². The lowest BCUT2D eigenvalue weighted by Crippen LogP contribution is -2.48. The molecule has 0 bridgehead atoms. The quantitative estimate of drug-likeness (QED) is 0.467. The fourth-order valence-corrected chi connectivity index (χ4v) is 2.34. The molecule has 0 heterocycles. The van der Waals surface area contributed by atoms with Gasteiger partial charge in [-0.2, -0.15) is 11.8 Å². The Morgan fingerprint density at radius 2 is 2.05 bits per heavy atom. The molecule has 0 aromatic rings. The first-order chi connectivity index (χ1) is 9.00. The number of thioether (sulfide) groups is 1. The molecule has 1 atom stereocenters. The van der Waals surface area contributed by atoms with Crippen molar-refractivity contribution in [1.82, 2.24) is 10.6 Å². The number of likely N-dealkylation sites (N-methyl/N-ethyl adjacent to an activating group) is 1. The number of methoxy groups -OCH3 is 1. The minimum Gasteiger partial charge on any atom is -0.468 e. The van der Waals surface area contributed by atoms with Gasteiger partial charge < -0.3 is 15.4 Å². The van der Waals surface area contributed by atoms with Gasteiger partial charge in [0.2, 0.25) is 5.91 Å². The van der Waals surface area contributed by atoms with Gasteiger partial charge in [0, 0.05) is 6.54 Å². The number of nitrogens with one attached hydrogen (secondary N) is 2. The van der Waals surface area contributed by atoms with Crippen LogP contribution in [0.3, 0.4) is 0 Å². The largest absolute Gasteiger partial charge is 0.468 e. The first kappa shape index (κ1) is 18.2. The highest BCUT2D eigenvalue weighted by molar-refractivity contribution is 7.99. The van der Waals surface area contributed by atoms with Crippen LogP contribution >= 0.6 is 11.8 Å². The summed E-state index contributed by atoms with van der Waals surface area (Å²) in [5.74, 6) is 1.17. The van der Waals surface area contributed by atoms with Crippen molar-refractivity contribution in [3.63, 3.8) is 0 Å². The molecule has 2 N–H and O–H groups in total. The standard InChI is InChI=1S/C13H26N2O3S/c1-5-8-15-11(16)10-19-9-6-7-13(2,14-3)12(17)18-4/h14H,5-10H2,1-4H3,(H,15,16). The predicted molar refractivity (Wildman–Crippen MR) is 79.3 cm³/mol. The Morgan fingerprint density at radius 1 is 1.37 bits per heavy atom. The maximum absolute atomic E-state index is 11.6. The van der Waals surface area contributed by atoms with Crippen molar-refractivity contribution in [2.75, 3.05) is 32.2 Å². The molecule has 5 nitrogen and oxygen atoms in total. The van der Waals surface area contributed by atoms with Crippen molar-refractivity contribution < 1.29 is 14.3 Å². The summed E-state index contributed by atoms with van der Waals surface area (Å²) in [5.41, 5.74) is -0.639.